The summed E-state index contributed by atoms with van der Waals surface area (Å²) >= 11 is 3.63. The molecule has 0 spiro atoms. The van der Waals surface area contributed by atoms with Gasteiger partial charge in [0, 0.05) is 153 Å². The smallest absolute Gasteiger partial charge is 0.0239 e. The molecule has 0 bridgehead atoms. The van der Waals surface area contributed by atoms with E-state index >= 15 is 0 Å². The molecule has 0 atom stereocenters. The molecule has 24 rings (SSSR count). The maximum atomic E-state index is 4.54. The summed E-state index contributed by atoms with van der Waals surface area (Å²) in [6.07, 6.45) is 12.8. The molecule has 5 radical (unpaired) electrons. The fourth-order valence-electron chi connectivity index (χ4n) is 17.3. The molecule has 9 aromatic heterocycles. The van der Waals surface area contributed by atoms with Crippen LogP contribution in [0.2, 0.25) is 0 Å². The third-order valence-electron chi connectivity index (χ3n) is 23.8. The number of thiophene rings is 2. The first-order valence-electron chi connectivity index (χ1n) is 42.6. The van der Waals surface area contributed by atoms with Gasteiger partial charge in [-0.3, -0.25) is 0 Å². The summed E-state index contributed by atoms with van der Waals surface area (Å²) in [6.45, 7) is 18.0. The molecule has 0 saturated carbocycles. The Labute approximate surface area is 849 Å². The normalized spacial score (nSPS) is 12.1. The van der Waals surface area contributed by atoms with Crippen LogP contribution >= 0.6 is 22.7 Å². The number of hydrogen-bond donors (Lipinski definition) is 0. The van der Waals surface area contributed by atoms with E-state index in [0.717, 1.165) is 78.8 Å². The van der Waals surface area contributed by atoms with E-state index in [1.165, 1.54) is 118 Å². The average molecular weight is 2630 g/mol. The second kappa shape index (κ2) is 44.3. The van der Waals surface area contributed by atoms with E-state index in [-0.39, 0.29) is 117 Å². The van der Waals surface area contributed by atoms with Crippen molar-refractivity contribution in [1.29, 1.82) is 0 Å². The molecule has 0 fully saturated rings. The molecule has 132 heavy (non-hydrogen) atoms. The molecule has 21 aromatic rings. The van der Waals surface area contributed by atoms with Gasteiger partial charge in [0.2, 0.25) is 0 Å². The number of pyridine rings is 7. The number of benzene rings is 12. The molecule has 12 aromatic carbocycles. The maximum absolute atomic E-state index is 4.54. The first-order chi connectivity index (χ1) is 62.1. The first kappa shape index (κ1) is 97.9. The summed E-state index contributed by atoms with van der Waals surface area (Å²) in [6, 6.07) is 141. The molecule has 3 aliphatic carbocycles. The third-order valence-corrected chi connectivity index (χ3v) is 26.2. The average Bonchev–Trinajstić information content (AvgIpc) is 1.58. The van der Waals surface area contributed by atoms with Crippen molar-refractivity contribution in [3.63, 3.8) is 0 Å². The Hall–Kier alpha value is -11.6. The molecule has 0 saturated heterocycles. The van der Waals surface area contributed by atoms with Crippen LogP contribution in [0.25, 0.3) is 153 Å². The van der Waals surface area contributed by atoms with Crippen molar-refractivity contribution in [3.8, 4) is 112 Å². The second-order valence-corrected chi connectivity index (χ2v) is 35.1. The first-order valence-corrected chi connectivity index (χ1v) is 44.2. The van der Waals surface area contributed by atoms with Crippen molar-refractivity contribution in [1.82, 2.24) is 34.9 Å². The summed E-state index contributed by atoms with van der Waals surface area (Å²) in [7, 11) is 0. The molecule has 659 valence electrons. The van der Waals surface area contributed by atoms with Gasteiger partial charge < -0.3 is 34.9 Å². The van der Waals surface area contributed by atoms with Gasteiger partial charge in [-0.15, -0.1) is 207 Å². The van der Waals surface area contributed by atoms with Gasteiger partial charge >= 0.3 is 0 Å². The zero-order valence-electron chi connectivity index (χ0n) is 73.6. The molecule has 14 heteroatoms. The minimum absolute atomic E-state index is 0. The van der Waals surface area contributed by atoms with Crippen LogP contribution in [-0.4, -0.2) is 34.9 Å². The number of nitrogens with zero attached hydrogens (tertiary/aromatic N) is 7. The Morgan fingerprint density at radius 1 is 0.227 bits per heavy atom. The predicted octanol–water partition coefficient (Wildman–Crippen LogP) is 30.1. The van der Waals surface area contributed by atoms with E-state index in [9.17, 15) is 0 Å². The minimum atomic E-state index is 0. The molecule has 0 unspecified atom stereocenters. The number of rotatable bonds is 7. The Morgan fingerprint density at radius 3 is 0.977 bits per heavy atom. The van der Waals surface area contributed by atoms with Gasteiger partial charge in [-0.1, -0.05) is 279 Å². The minimum Gasteiger partial charge on any atom is -0.305 e. The van der Waals surface area contributed by atoms with Crippen molar-refractivity contribution in [3.05, 3.63) is 476 Å². The van der Waals surface area contributed by atoms with E-state index in [0.29, 0.717) is 0 Å². The van der Waals surface area contributed by atoms with Crippen molar-refractivity contribution in [2.75, 3.05) is 0 Å². The second-order valence-electron chi connectivity index (χ2n) is 32.9. The van der Waals surface area contributed by atoms with Crippen LogP contribution < -0.4 is 0 Å². The largest absolute Gasteiger partial charge is 0.305 e. The predicted molar refractivity (Wildman–Crippen MR) is 528 cm³/mol. The fraction of sp³-hybridized carbons (Fsp3) is 0.0932. The van der Waals surface area contributed by atoms with E-state index in [1.807, 2.05) is 211 Å². The van der Waals surface area contributed by atoms with Crippen LogP contribution in [-0.2, 0) is 117 Å². The Kier molecular flexibility index (Phi) is 32.8. The number of hydrogen-bond acceptors (Lipinski definition) is 9. The van der Waals surface area contributed by atoms with Crippen molar-refractivity contribution in [2.45, 2.75) is 71.6 Å². The summed E-state index contributed by atoms with van der Waals surface area (Å²) in [5.74, 6) is 0. The Morgan fingerprint density at radius 2 is 0.568 bits per heavy atom. The van der Waals surface area contributed by atoms with Crippen molar-refractivity contribution < 1.29 is 101 Å². The third kappa shape index (κ3) is 20.9. The summed E-state index contributed by atoms with van der Waals surface area (Å²) in [5.41, 5.74) is 33.0. The maximum Gasteiger partial charge on any atom is 0.0239 e. The van der Waals surface area contributed by atoms with Crippen molar-refractivity contribution >= 4 is 63.0 Å². The van der Waals surface area contributed by atoms with Gasteiger partial charge in [-0.05, 0) is 161 Å². The standard InChI is InChI=1S/2C21H18N.C20H16N.2C17H10NS.2C11H8N.5Ir/c2*1-14-7-6-12-22-20(14)15-10-11-17-16-8-4-5-9-18(16)21(2,3)19(17)13-15;1-20(2)17-8-4-3-7-15(17)16-11-10-14(13-18(16)20)19-9-5-6-12-21-19;1-2-10-16-12(6-1)13-7-5-8-14(17(13)19-16)15-9-3-4-11-18-15;1-2-7-16-13(5-1)14-11-12(8-9-17(14)19-16)15-6-3-4-10-18-15;2*1-2-6-10(7-3-1)11-8-4-5-9-12-11;;;;;/h2*4-9,11-13H,1-3H3;3-9,11-13H,1-2H3;2*1-7,9-11H;2*1-6,8-9H;;;;;/q7*-1;;;;;. The van der Waals surface area contributed by atoms with Gasteiger partial charge in [-0.25, -0.2) is 0 Å². The van der Waals surface area contributed by atoms with E-state index < -0.39 is 0 Å². The van der Waals surface area contributed by atoms with Crippen LogP contribution in [0.4, 0.5) is 0 Å². The van der Waals surface area contributed by atoms with Gasteiger partial charge in [0.1, 0.15) is 0 Å². The van der Waals surface area contributed by atoms with Gasteiger partial charge in [0.15, 0.2) is 0 Å². The van der Waals surface area contributed by atoms with Gasteiger partial charge in [0.25, 0.3) is 0 Å². The fourth-order valence-corrected chi connectivity index (χ4v) is 19.6. The molecule has 0 amide bonds. The molecular formula is C118H88Ir5N7S2-7. The monoisotopic (exact) mass is 2630 g/mol. The van der Waals surface area contributed by atoms with Gasteiger partial charge in [0.05, 0.1) is 0 Å². The molecular weight excluding hydrogens is 2540 g/mol. The summed E-state index contributed by atoms with van der Waals surface area (Å²) in [4.78, 5) is 30.8. The zero-order chi connectivity index (χ0) is 86.9. The van der Waals surface area contributed by atoms with E-state index in [4.69, 9.17) is 0 Å². The molecule has 9 heterocycles. The summed E-state index contributed by atoms with van der Waals surface area (Å²) in [5, 5.41) is 5.21. The van der Waals surface area contributed by atoms with Crippen LogP contribution in [0, 0.1) is 56.3 Å². The van der Waals surface area contributed by atoms with E-state index in [2.05, 4.69) is 321 Å². The topological polar surface area (TPSA) is 90.2 Å². The molecule has 3 aliphatic rings. The number of aromatic nitrogens is 7. The SMILES string of the molecule is CC1(C)c2ccccc2-c2c[c-]c(-c3ccccn3)cc21.Cc1cccnc1-c1[c-]cc2c(c1)C(C)(C)c1ccccc1-2.Cc1cccnc1-c1[c-]cc2c(c1)C(C)(C)c1ccccc1-2.[Ir].[Ir].[Ir].[Ir].[Ir].[c-]1cc2sc3ccccc3c2cc1-c1ccccn1.[c-]1ccc2c(sc3ccccc32)c1-c1ccccn1.[c-]1ccccc1-c1ccccn1.[c-]1ccccc1-c1ccccn1. The van der Waals surface area contributed by atoms with E-state index in [1.54, 1.807) is 12.4 Å². The quantitative estimate of drug-likeness (QED) is 0.147. The Bertz CT molecular complexity index is 7140. The van der Waals surface area contributed by atoms with Crippen LogP contribution in [0.5, 0.6) is 0 Å². The van der Waals surface area contributed by atoms with Crippen LogP contribution in [0.3, 0.4) is 0 Å². The summed E-state index contributed by atoms with van der Waals surface area (Å²) < 4.78 is 5.18. The number of fused-ring (bicyclic) bond motifs is 15. The molecule has 0 N–H and O–H groups in total. The zero-order valence-corrected chi connectivity index (χ0v) is 87.2. The van der Waals surface area contributed by atoms with Crippen LogP contribution in [0.1, 0.15) is 86.1 Å². The molecule has 0 aliphatic heterocycles. The van der Waals surface area contributed by atoms with Crippen LogP contribution in [0.15, 0.2) is 389 Å². The van der Waals surface area contributed by atoms with Crippen molar-refractivity contribution in [2.24, 2.45) is 0 Å². The van der Waals surface area contributed by atoms with Gasteiger partial charge in [-0.2, -0.15) is 22.7 Å². The number of aryl methyl sites for hydroxylation is 2. The Balaban J connectivity index is 0.000000131. The molecule has 7 nitrogen and oxygen atoms in total.